The molecule has 3 rings (SSSR count). The zero-order chi connectivity index (χ0) is 19.0. The van der Waals surface area contributed by atoms with Crippen molar-refractivity contribution >= 4 is 45.0 Å². The van der Waals surface area contributed by atoms with Crippen molar-refractivity contribution in [2.24, 2.45) is 7.05 Å². The van der Waals surface area contributed by atoms with Gasteiger partial charge in [0.1, 0.15) is 12.1 Å². The van der Waals surface area contributed by atoms with Crippen LogP contribution in [0.3, 0.4) is 0 Å². The molecule has 0 saturated carbocycles. The number of aliphatic carboxylic acids is 1. The van der Waals surface area contributed by atoms with Gasteiger partial charge in [0.05, 0.1) is 10.2 Å². The van der Waals surface area contributed by atoms with Crippen LogP contribution in [0.25, 0.3) is 20.7 Å². The zero-order valence-corrected chi connectivity index (χ0v) is 15.0. The van der Waals surface area contributed by atoms with Crippen molar-refractivity contribution in [3.8, 4) is 16.2 Å². The number of nitrogens with zero attached hydrogens (tertiary/aromatic N) is 1. The number of halogens is 1. The van der Waals surface area contributed by atoms with Crippen LogP contribution < -0.4 is 10.9 Å². The molecule has 3 N–H and O–H groups in total. The van der Waals surface area contributed by atoms with Gasteiger partial charge in [0.2, 0.25) is 0 Å². The highest BCUT2D eigenvalue weighted by molar-refractivity contribution is 7.22. The Balaban J connectivity index is 2.15. The molecule has 26 heavy (non-hydrogen) atoms. The van der Waals surface area contributed by atoms with E-state index in [0.717, 1.165) is 10.4 Å². The number of carbonyl (C=O) groups excluding carboxylic acids is 1. The van der Waals surface area contributed by atoms with E-state index in [2.05, 4.69) is 5.32 Å². The van der Waals surface area contributed by atoms with Crippen molar-refractivity contribution in [1.82, 2.24) is 9.88 Å². The molecule has 0 atom stereocenters. The van der Waals surface area contributed by atoms with E-state index < -0.39 is 35.3 Å². The van der Waals surface area contributed by atoms with Crippen LogP contribution in [0.4, 0.5) is 0 Å². The number of aryl methyl sites for hydroxylation is 1. The molecule has 0 bridgehead atoms. The highest BCUT2D eigenvalue weighted by atomic mass is 35.5. The number of hydrogen-bond donors (Lipinski definition) is 3. The first-order valence-electron chi connectivity index (χ1n) is 7.41. The Morgan fingerprint density at radius 2 is 1.92 bits per heavy atom. The molecule has 0 radical (unpaired) electrons. The molecule has 0 aliphatic heterocycles. The Hall–Kier alpha value is -2.84. The smallest absolute Gasteiger partial charge is 0.322 e. The van der Waals surface area contributed by atoms with E-state index in [-0.39, 0.29) is 0 Å². The SMILES string of the molecule is Cn1c(=O)c(C(=O)NCC(=O)O)c(O)c2sc(-c3ccc(Cl)cc3)cc21. The van der Waals surface area contributed by atoms with E-state index >= 15 is 0 Å². The molecule has 2 heterocycles. The highest BCUT2D eigenvalue weighted by Crippen LogP contribution is 2.38. The van der Waals surface area contributed by atoms with Gasteiger partial charge < -0.3 is 20.1 Å². The van der Waals surface area contributed by atoms with E-state index in [1.165, 1.54) is 23.0 Å². The van der Waals surface area contributed by atoms with Gasteiger partial charge in [-0.3, -0.25) is 14.4 Å². The van der Waals surface area contributed by atoms with Crippen LogP contribution >= 0.6 is 22.9 Å². The van der Waals surface area contributed by atoms with Gasteiger partial charge in [0, 0.05) is 16.9 Å². The second-order valence-corrected chi connectivity index (χ2v) is 6.98. The Labute approximate surface area is 156 Å². The van der Waals surface area contributed by atoms with Crippen LogP contribution in [-0.2, 0) is 11.8 Å². The first kappa shape index (κ1) is 18.0. The number of fused-ring (bicyclic) bond motifs is 1. The molecule has 0 fully saturated rings. The average Bonchev–Trinajstić information content (AvgIpc) is 3.04. The number of carboxylic acid groups (broad SMARTS) is 1. The van der Waals surface area contributed by atoms with Crippen molar-refractivity contribution in [3.63, 3.8) is 0 Å². The Morgan fingerprint density at radius 1 is 1.27 bits per heavy atom. The quantitative estimate of drug-likeness (QED) is 0.632. The molecule has 7 nitrogen and oxygen atoms in total. The summed E-state index contributed by atoms with van der Waals surface area (Å²) >= 11 is 7.10. The summed E-state index contributed by atoms with van der Waals surface area (Å²) in [5, 5.41) is 21.8. The van der Waals surface area contributed by atoms with Crippen molar-refractivity contribution in [2.75, 3.05) is 6.54 Å². The molecule has 0 spiro atoms. The molecule has 9 heteroatoms. The van der Waals surface area contributed by atoms with Gasteiger partial charge in [-0.15, -0.1) is 11.3 Å². The Morgan fingerprint density at radius 3 is 2.54 bits per heavy atom. The largest absolute Gasteiger partial charge is 0.505 e. The van der Waals surface area contributed by atoms with Gasteiger partial charge in [-0.2, -0.15) is 0 Å². The molecule has 3 aromatic rings. The maximum Gasteiger partial charge on any atom is 0.322 e. The van der Waals surface area contributed by atoms with Crippen LogP contribution in [0.1, 0.15) is 10.4 Å². The molecule has 0 aliphatic carbocycles. The van der Waals surface area contributed by atoms with Gasteiger partial charge in [0.15, 0.2) is 5.75 Å². The summed E-state index contributed by atoms with van der Waals surface area (Å²) in [6.07, 6.45) is 0. The molecule has 0 unspecified atom stereocenters. The lowest BCUT2D eigenvalue weighted by Gasteiger charge is -2.08. The van der Waals surface area contributed by atoms with Gasteiger partial charge in [-0.05, 0) is 23.8 Å². The normalized spacial score (nSPS) is 10.8. The number of aromatic nitrogens is 1. The molecular weight excluding hydrogens is 380 g/mol. The topological polar surface area (TPSA) is 109 Å². The van der Waals surface area contributed by atoms with Crippen molar-refractivity contribution < 1.29 is 19.8 Å². The number of hydrogen-bond acceptors (Lipinski definition) is 5. The summed E-state index contributed by atoms with van der Waals surface area (Å²) in [6, 6.07) is 8.81. The third-order valence-corrected chi connectivity index (χ3v) is 5.23. The van der Waals surface area contributed by atoms with Crippen LogP contribution in [0, 0.1) is 0 Å². The molecular formula is C17H13ClN2O5S. The number of amides is 1. The fraction of sp³-hybridized carbons (Fsp3) is 0.118. The van der Waals surface area contributed by atoms with Crippen molar-refractivity contribution in [2.45, 2.75) is 0 Å². The predicted octanol–water partition coefficient (Wildman–Crippen LogP) is 2.44. The maximum absolute atomic E-state index is 12.5. The van der Waals surface area contributed by atoms with Crippen molar-refractivity contribution in [3.05, 3.63) is 51.3 Å². The number of benzene rings is 1. The molecule has 0 saturated heterocycles. The van der Waals surface area contributed by atoms with E-state index in [4.69, 9.17) is 16.7 Å². The number of carboxylic acids is 1. The summed E-state index contributed by atoms with van der Waals surface area (Å²) in [7, 11) is 1.48. The lowest BCUT2D eigenvalue weighted by Crippen LogP contribution is -2.35. The number of rotatable bonds is 4. The number of pyridine rings is 1. The number of carbonyl (C=O) groups is 2. The number of nitrogens with one attached hydrogen (secondary N) is 1. The predicted molar refractivity (Wildman–Crippen MR) is 99.1 cm³/mol. The molecule has 2 aromatic heterocycles. The summed E-state index contributed by atoms with van der Waals surface area (Å²) < 4.78 is 1.61. The lowest BCUT2D eigenvalue weighted by molar-refractivity contribution is -0.135. The summed E-state index contributed by atoms with van der Waals surface area (Å²) in [6.45, 7) is -0.653. The van der Waals surface area contributed by atoms with Gasteiger partial charge >= 0.3 is 5.97 Å². The third-order valence-electron chi connectivity index (χ3n) is 3.80. The summed E-state index contributed by atoms with van der Waals surface area (Å²) in [5.41, 5.74) is 0.126. The van der Waals surface area contributed by atoms with Gasteiger partial charge in [0.25, 0.3) is 11.5 Å². The minimum Gasteiger partial charge on any atom is -0.505 e. The first-order chi connectivity index (χ1) is 12.3. The van der Waals surface area contributed by atoms with Crippen LogP contribution in [0.15, 0.2) is 35.1 Å². The molecule has 1 amide bonds. The monoisotopic (exact) mass is 392 g/mol. The first-order valence-corrected chi connectivity index (χ1v) is 8.60. The Bertz CT molecular complexity index is 1090. The van der Waals surface area contributed by atoms with Gasteiger partial charge in [-0.25, -0.2) is 0 Å². The average molecular weight is 393 g/mol. The Kier molecular flexibility index (Phi) is 4.71. The summed E-state index contributed by atoms with van der Waals surface area (Å²) in [4.78, 5) is 36.0. The lowest BCUT2D eigenvalue weighted by atomic mass is 10.1. The summed E-state index contributed by atoms with van der Waals surface area (Å²) in [5.74, 6) is -2.65. The fourth-order valence-corrected chi connectivity index (χ4v) is 3.77. The second kappa shape index (κ2) is 6.81. The van der Waals surface area contributed by atoms with E-state index in [1.807, 2.05) is 12.1 Å². The molecule has 1 aromatic carbocycles. The maximum atomic E-state index is 12.5. The van der Waals surface area contributed by atoms with E-state index in [9.17, 15) is 19.5 Å². The van der Waals surface area contributed by atoms with Crippen LogP contribution in [0.2, 0.25) is 5.02 Å². The minimum absolute atomic E-state index is 0.359. The number of thiophene rings is 1. The van der Waals surface area contributed by atoms with Crippen LogP contribution in [-0.4, -0.2) is 33.2 Å². The number of aromatic hydroxyl groups is 1. The third kappa shape index (κ3) is 3.16. The van der Waals surface area contributed by atoms with E-state index in [1.54, 1.807) is 18.2 Å². The molecule has 0 aliphatic rings. The van der Waals surface area contributed by atoms with Crippen molar-refractivity contribution in [1.29, 1.82) is 0 Å². The minimum atomic E-state index is -1.25. The second-order valence-electron chi connectivity index (χ2n) is 5.50. The van der Waals surface area contributed by atoms with Crippen LogP contribution in [0.5, 0.6) is 5.75 Å². The fourth-order valence-electron chi connectivity index (χ4n) is 2.50. The molecule has 134 valence electrons. The highest BCUT2D eigenvalue weighted by Gasteiger charge is 2.23. The zero-order valence-electron chi connectivity index (χ0n) is 13.4. The van der Waals surface area contributed by atoms with Gasteiger partial charge in [-0.1, -0.05) is 23.7 Å². The standard InChI is InChI=1S/C17H13ClN2O5S/c1-20-10-6-11(8-2-4-9(18)5-3-8)26-15(10)14(23)13(17(20)25)16(24)19-7-12(21)22/h2-6,23H,7H2,1H3,(H,19,24)(H,21,22). The van der Waals surface area contributed by atoms with E-state index in [0.29, 0.717) is 15.2 Å².